The lowest BCUT2D eigenvalue weighted by Crippen LogP contribution is -2.22. The molecule has 1 fully saturated rings. The van der Waals surface area contributed by atoms with Crippen LogP contribution in [0.3, 0.4) is 0 Å². The lowest BCUT2D eigenvalue weighted by Gasteiger charge is -2.10. The van der Waals surface area contributed by atoms with Crippen molar-refractivity contribution in [3.05, 3.63) is 11.3 Å². The van der Waals surface area contributed by atoms with E-state index in [9.17, 15) is 0 Å². The van der Waals surface area contributed by atoms with Crippen LogP contribution >= 0.6 is 0 Å². The summed E-state index contributed by atoms with van der Waals surface area (Å²) in [6, 6.07) is 0. The Kier molecular flexibility index (Phi) is 3.16. The molecule has 0 radical (unpaired) electrons. The van der Waals surface area contributed by atoms with Gasteiger partial charge < -0.3 is 4.57 Å². The molecule has 0 amide bonds. The van der Waals surface area contributed by atoms with E-state index in [1.165, 1.54) is 31.5 Å². The first-order valence-corrected chi connectivity index (χ1v) is 5.59. The molecule has 0 atom stereocenters. The molecule has 58 valence electrons. The first-order chi connectivity index (χ1) is 4.79. The first kappa shape index (κ1) is 8.02. The van der Waals surface area contributed by atoms with Gasteiger partial charge in [-0.3, -0.25) is 0 Å². The molecule has 1 aliphatic heterocycles. The van der Waals surface area contributed by atoms with Crippen LogP contribution in [0.5, 0.6) is 0 Å². The van der Waals surface area contributed by atoms with Crippen LogP contribution in [-0.2, 0) is 0 Å². The minimum absolute atomic E-state index is 0.0116. The predicted octanol–water partition coefficient (Wildman–Crippen LogP) is 1.09. The van der Waals surface area contributed by atoms with Crippen LogP contribution in [0.15, 0.2) is 11.3 Å². The molecule has 0 bridgehead atoms. The van der Waals surface area contributed by atoms with Crippen LogP contribution in [0.1, 0.15) is 26.7 Å². The van der Waals surface area contributed by atoms with E-state index < -0.39 is 0 Å². The number of rotatable bonds is 2. The molecule has 1 saturated heterocycles. The second kappa shape index (κ2) is 3.94. The Bertz CT molecular complexity index is 121. The van der Waals surface area contributed by atoms with Gasteiger partial charge in [0.15, 0.2) is 0 Å². The highest BCUT2D eigenvalue weighted by atomic mass is 28.2. The van der Waals surface area contributed by atoms with Gasteiger partial charge in [0.05, 0.1) is 0 Å². The van der Waals surface area contributed by atoms with Gasteiger partial charge in [0, 0.05) is 0 Å². The van der Waals surface area contributed by atoms with Crippen molar-refractivity contribution >= 4 is 9.68 Å². The molecule has 0 unspecified atom stereocenters. The quantitative estimate of drug-likeness (QED) is 0.540. The monoisotopic (exact) mass is 155 g/mol. The van der Waals surface area contributed by atoms with Crippen LogP contribution in [0.4, 0.5) is 0 Å². The minimum Gasteiger partial charge on any atom is -0.325 e. The summed E-state index contributed by atoms with van der Waals surface area (Å²) in [5.74, 6) is 0. The van der Waals surface area contributed by atoms with E-state index in [0.29, 0.717) is 0 Å². The summed E-state index contributed by atoms with van der Waals surface area (Å²) in [6.45, 7) is 7.14. The molecule has 1 aliphatic rings. The van der Waals surface area contributed by atoms with Crippen molar-refractivity contribution in [1.82, 2.24) is 4.57 Å². The molecule has 0 aromatic heterocycles. The largest absolute Gasteiger partial charge is 0.325 e. The number of allylic oxidation sites excluding steroid dienone is 1. The third-order valence-electron chi connectivity index (χ3n) is 1.96. The van der Waals surface area contributed by atoms with Gasteiger partial charge in [-0.15, -0.1) is 0 Å². The minimum atomic E-state index is 0.0116. The summed E-state index contributed by atoms with van der Waals surface area (Å²) in [4.78, 5) is 0. The molecular formula is C8H17NSi. The Hall–Kier alpha value is -0.0831. The highest BCUT2D eigenvalue weighted by Crippen LogP contribution is 2.05. The topological polar surface area (TPSA) is 3.24 Å². The number of hydrogen-bond donors (Lipinski definition) is 0. The fourth-order valence-corrected chi connectivity index (χ4v) is 2.71. The van der Waals surface area contributed by atoms with Crippen LogP contribution in [0, 0.1) is 0 Å². The molecule has 0 N–H and O–H groups in total. The molecule has 0 spiro atoms. The maximum absolute atomic E-state index is 2.65. The molecule has 0 aromatic carbocycles. The molecule has 0 aliphatic carbocycles. The van der Waals surface area contributed by atoms with E-state index in [2.05, 4.69) is 24.1 Å². The van der Waals surface area contributed by atoms with Crippen LogP contribution in [0.25, 0.3) is 0 Å². The Morgan fingerprint density at radius 1 is 1.30 bits per heavy atom. The fraction of sp³-hybridized carbons (Fsp3) is 0.750. The van der Waals surface area contributed by atoms with Crippen molar-refractivity contribution in [1.29, 1.82) is 0 Å². The molecule has 1 nitrogen and oxygen atoms in total. The van der Waals surface area contributed by atoms with Gasteiger partial charge in [0.2, 0.25) is 0 Å². The first-order valence-electron chi connectivity index (χ1n) is 4.15. The van der Waals surface area contributed by atoms with Crippen LogP contribution in [-0.4, -0.2) is 27.3 Å². The summed E-state index contributed by atoms with van der Waals surface area (Å²) in [7, 11) is 0.0116. The van der Waals surface area contributed by atoms with E-state index in [1.54, 1.807) is 0 Å². The van der Waals surface area contributed by atoms with E-state index in [-0.39, 0.29) is 9.68 Å². The summed E-state index contributed by atoms with van der Waals surface area (Å²) < 4.78 is 2.65. The maximum Gasteiger partial charge on any atom is 0.119 e. The zero-order chi connectivity index (χ0) is 7.40. The van der Waals surface area contributed by atoms with Crippen molar-refractivity contribution in [3.63, 3.8) is 0 Å². The van der Waals surface area contributed by atoms with Gasteiger partial charge in [0.1, 0.15) is 9.68 Å². The molecule has 10 heavy (non-hydrogen) atoms. The second-order valence-electron chi connectivity index (χ2n) is 3.29. The van der Waals surface area contributed by atoms with Crippen molar-refractivity contribution in [3.8, 4) is 0 Å². The van der Waals surface area contributed by atoms with Gasteiger partial charge in [-0.1, -0.05) is 11.3 Å². The Balaban J connectivity index is 2.18. The molecular weight excluding hydrogens is 138 g/mol. The summed E-state index contributed by atoms with van der Waals surface area (Å²) in [5.41, 5.74) is 3.95. The second-order valence-corrected chi connectivity index (χ2v) is 4.96. The smallest absolute Gasteiger partial charge is 0.119 e. The van der Waals surface area contributed by atoms with Crippen LogP contribution < -0.4 is 0 Å². The predicted molar refractivity (Wildman–Crippen MR) is 48.8 cm³/mol. The zero-order valence-corrected chi connectivity index (χ0v) is 8.47. The molecule has 0 saturated carbocycles. The fourth-order valence-electron chi connectivity index (χ4n) is 1.28. The normalized spacial score (nSPS) is 20.6. The third kappa shape index (κ3) is 2.67. The molecule has 1 rings (SSSR count). The van der Waals surface area contributed by atoms with E-state index in [1.807, 2.05) is 0 Å². The van der Waals surface area contributed by atoms with Gasteiger partial charge in [0.25, 0.3) is 0 Å². The van der Waals surface area contributed by atoms with Crippen LogP contribution in [0.2, 0.25) is 0 Å². The van der Waals surface area contributed by atoms with Crippen molar-refractivity contribution < 1.29 is 0 Å². The Morgan fingerprint density at radius 3 is 2.40 bits per heavy atom. The highest BCUT2D eigenvalue weighted by molar-refractivity contribution is 6.39. The molecule has 0 aromatic rings. The summed E-state index contributed by atoms with van der Waals surface area (Å²) >= 11 is 0. The van der Waals surface area contributed by atoms with Gasteiger partial charge in [-0.2, -0.15) is 0 Å². The Morgan fingerprint density at radius 2 is 1.90 bits per heavy atom. The summed E-state index contributed by atoms with van der Waals surface area (Å²) in [6.07, 6.45) is 2.87. The number of nitrogens with zero attached hydrogens (tertiary/aromatic N) is 1. The average molecular weight is 155 g/mol. The van der Waals surface area contributed by atoms with Gasteiger partial charge in [-0.25, -0.2) is 0 Å². The van der Waals surface area contributed by atoms with Crippen molar-refractivity contribution in [2.24, 2.45) is 0 Å². The Labute approximate surface area is 66.0 Å². The van der Waals surface area contributed by atoms with Gasteiger partial charge in [-0.05, 0) is 39.8 Å². The van der Waals surface area contributed by atoms with Crippen molar-refractivity contribution in [2.45, 2.75) is 26.7 Å². The van der Waals surface area contributed by atoms with E-state index in [4.69, 9.17) is 0 Å². The number of hydrogen-bond acceptors (Lipinski definition) is 1. The lowest BCUT2D eigenvalue weighted by molar-refractivity contribution is 0.556. The standard InChI is InChI=1S/C8H17NSi/c1-8(2)7-10-9-5-3-4-6-9/h7H,3-6,10H2,1-2H3. The van der Waals surface area contributed by atoms with E-state index in [0.717, 1.165) is 0 Å². The average Bonchev–Trinajstić information content (AvgIpc) is 2.34. The lowest BCUT2D eigenvalue weighted by atomic mass is 10.4. The maximum atomic E-state index is 2.65. The highest BCUT2D eigenvalue weighted by Gasteiger charge is 2.08. The third-order valence-corrected chi connectivity index (χ3v) is 4.10. The zero-order valence-electron chi connectivity index (χ0n) is 7.06. The molecule has 2 heteroatoms. The molecule has 1 heterocycles. The SMILES string of the molecule is CC(C)=C[SiH2]N1CCCC1. The van der Waals surface area contributed by atoms with Crippen molar-refractivity contribution in [2.75, 3.05) is 13.1 Å². The summed E-state index contributed by atoms with van der Waals surface area (Å²) in [5, 5.41) is 0. The van der Waals surface area contributed by atoms with Gasteiger partial charge >= 0.3 is 0 Å². The van der Waals surface area contributed by atoms with E-state index >= 15 is 0 Å².